The third-order valence-corrected chi connectivity index (χ3v) is 1.88. The molecule has 0 aliphatic rings. The van der Waals surface area contributed by atoms with E-state index in [1.165, 1.54) is 12.1 Å². The van der Waals surface area contributed by atoms with Crippen molar-refractivity contribution in [1.82, 2.24) is 0 Å². The van der Waals surface area contributed by atoms with Gasteiger partial charge in [-0.05, 0) is 12.1 Å². The summed E-state index contributed by atoms with van der Waals surface area (Å²) in [4.78, 5) is 21.8. The van der Waals surface area contributed by atoms with Gasteiger partial charge in [0.2, 0.25) is 0 Å². The van der Waals surface area contributed by atoms with Crippen molar-refractivity contribution in [2.75, 3.05) is 0 Å². The summed E-state index contributed by atoms with van der Waals surface area (Å²) in [5.74, 6) is -1.82. The van der Waals surface area contributed by atoms with Crippen molar-refractivity contribution in [3.8, 4) is 0 Å². The van der Waals surface area contributed by atoms with Gasteiger partial charge in [-0.15, -0.1) is 0 Å². The average Bonchev–Trinajstić information content (AvgIpc) is 2.17. The molecule has 4 nitrogen and oxygen atoms in total. The summed E-state index contributed by atoms with van der Waals surface area (Å²) in [6, 6.07) is 6.18. The van der Waals surface area contributed by atoms with Crippen LogP contribution in [0.4, 0.5) is 0 Å². The second-order valence-corrected chi connectivity index (χ2v) is 3.22. The maximum Gasteiger partial charge on any atom is 0.351 e. The number of ketones is 1. The Kier molecular flexibility index (Phi) is 3.46. The van der Waals surface area contributed by atoms with Gasteiger partial charge in [0.15, 0.2) is 5.78 Å². The molecule has 0 radical (unpaired) electrons. The molecule has 0 aromatic heterocycles. The SMILES string of the molecule is N/C(=C/C(=O)c1cccc(Cl)c1)C(=O)O. The topological polar surface area (TPSA) is 80.4 Å². The Labute approximate surface area is 91.0 Å². The van der Waals surface area contributed by atoms with Crippen LogP contribution >= 0.6 is 11.6 Å². The van der Waals surface area contributed by atoms with Crippen LogP contribution in [0.5, 0.6) is 0 Å². The first kappa shape index (κ1) is 11.3. The minimum absolute atomic E-state index is 0.298. The third kappa shape index (κ3) is 3.11. The molecular formula is C10H8ClNO3. The number of carbonyl (C=O) groups excluding carboxylic acids is 1. The van der Waals surface area contributed by atoms with E-state index in [0.717, 1.165) is 6.08 Å². The number of allylic oxidation sites excluding steroid dienone is 1. The van der Waals surface area contributed by atoms with Gasteiger partial charge < -0.3 is 10.8 Å². The number of hydrogen-bond donors (Lipinski definition) is 2. The minimum atomic E-state index is -1.33. The zero-order valence-electron chi connectivity index (χ0n) is 7.61. The molecule has 15 heavy (non-hydrogen) atoms. The van der Waals surface area contributed by atoms with Crippen LogP contribution in [0.15, 0.2) is 36.0 Å². The Balaban J connectivity index is 2.96. The van der Waals surface area contributed by atoms with Crippen LogP contribution in [-0.4, -0.2) is 16.9 Å². The molecule has 0 heterocycles. The van der Waals surface area contributed by atoms with Crippen LogP contribution in [0.3, 0.4) is 0 Å². The predicted octanol–water partition coefficient (Wildman–Crippen LogP) is 1.45. The first-order chi connectivity index (χ1) is 7.00. The number of nitrogens with two attached hydrogens (primary N) is 1. The maximum absolute atomic E-state index is 11.4. The molecule has 5 heteroatoms. The van der Waals surface area contributed by atoms with E-state index in [4.69, 9.17) is 22.4 Å². The Morgan fingerprint density at radius 2 is 2.07 bits per heavy atom. The van der Waals surface area contributed by atoms with E-state index in [1.807, 2.05) is 0 Å². The van der Waals surface area contributed by atoms with Crippen LogP contribution in [0, 0.1) is 0 Å². The summed E-state index contributed by atoms with van der Waals surface area (Å²) in [6.45, 7) is 0. The molecule has 0 bridgehead atoms. The van der Waals surface area contributed by atoms with E-state index in [2.05, 4.69) is 0 Å². The number of rotatable bonds is 3. The summed E-state index contributed by atoms with van der Waals surface area (Å²) in [5.41, 5.74) is 4.90. The molecule has 0 saturated carbocycles. The van der Waals surface area contributed by atoms with Gasteiger partial charge in [0.25, 0.3) is 0 Å². The van der Waals surface area contributed by atoms with Gasteiger partial charge in [-0.25, -0.2) is 4.79 Å². The molecule has 3 N–H and O–H groups in total. The molecule has 0 spiro atoms. The van der Waals surface area contributed by atoms with Crippen molar-refractivity contribution in [3.05, 3.63) is 46.6 Å². The largest absolute Gasteiger partial charge is 0.477 e. The molecule has 78 valence electrons. The molecule has 0 amide bonds. The van der Waals surface area contributed by atoms with E-state index in [1.54, 1.807) is 12.1 Å². The Morgan fingerprint density at radius 1 is 1.40 bits per heavy atom. The van der Waals surface area contributed by atoms with Gasteiger partial charge in [0.1, 0.15) is 5.70 Å². The fraction of sp³-hybridized carbons (Fsp3) is 0. The number of carboxylic acids is 1. The molecule has 0 unspecified atom stereocenters. The monoisotopic (exact) mass is 225 g/mol. The number of carboxylic acid groups (broad SMARTS) is 1. The summed E-state index contributed by atoms with van der Waals surface area (Å²) < 4.78 is 0. The number of carbonyl (C=O) groups is 2. The van der Waals surface area contributed by atoms with E-state index >= 15 is 0 Å². The highest BCUT2D eigenvalue weighted by molar-refractivity contribution is 6.31. The van der Waals surface area contributed by atoms with Crippen molar-refractivity contribution in [3.63, 3.8) is 0 Å². The van der Waals surface area contributed by atoms with Crippen molar-refractivity contribution >= 4 is 23.4 Å². The number of hydrogen-bond acceptors (Lipinski definition) is 3. The summed E-state index contributed by atoms with van der Waals surface area (Å²) in [5, 5.41) is 8.87. The lowest BCUT2D eigenvalue weighted by atomic mass is 10.1. The van der Waals surface area contributed by atoms with Crippen LogP contribution in [0.25, 0.3) is 0 Å². The van der Waals surface area contributed by atoms with Gasteiger partial charge in [0.05, 0.1) is 0 Å². The number of halogens is 1. The lowest BCUT2D eigenvalue weighted by Crippen LogP contribution is -2.12. The van der Waals surface area contributed by atoms with Gasteiger partial charge in [-0.1, -0.05) is 23.7 Å². The molecule has 0 aliphatic carbocycles. The standard InChI is InChI=1S/C10H8ClNO3/c11-7-3-1-2-6(4-7)9(13)5-8(12)10(14)15/h1-5H,12H2,(H,14,15)/b8-5+. The quantitative estimate of drug-likeness (QED) is 0.603. The molecule has 0 saturated heterocycles. The van der Waals surface area contributed by atoms with E-state index in [-0.39, 0.29) is 0 Å². The Bertz CT molecular complexity index is 440. The van der Waals surface area contributed by atoms with Crippen molar-refractivity contribution < 1.29 is 14.7 Å². The highest BCUT2D eigenvalue weighted by Gasteiger charge is 2.07. The lowest BCUT2D eigenvalue weighted by Gasteiger charge is -1.97. The van der Waals surface area contributed by atoms with E-state index < -0.39 is 17.4 Å². The van der Waals surface area contributed by atoms with E-state index in [9.17, 15) is 9.59 Å². The first-order valence-electron chi connectivity index (χ1n) is 4.01. The Morgan fingerprint density at radius 3 is 2.60 bits per heavy atom. The smallest absolute Gasteiger partial charge is 0.351 e. The molecule has 0 aliphatic heterocycles. The van der Waals surface area contributed by atoms with Gasteiger partial charge in [-0.2, -0.15) is 0 Å². The van der Waals surface area contributed by atoms with Crippen molar-refractivity contribution in [2.24, 2.45) is 5.73 Å². The molecule has 1 rings (SSSR count). The average molecular weight is 226 g/mol. The fourth-order valence-corrected chi connectivity index (χ4v) is 1.12. The second-order valence-electron chi connectivity index (χ2n) is 2.78. The normalized spacial score (nSPS) is 11.1. The molecule has 0 fully saturated rings. The fourth-order valence-electron chi connectivity index (χ4n) is 0.928. The predicted molar refractivity (Wildman–Crippen MR) is 55.7 cm³/mol. The van der Waals surface area contributed by atoms with Crippen LogP contribution in [0.2, 0.25) is 5.02 Å². The van der Waals surface area contributed by atoms with Crippen molar-refractivity contribution in [2.45, 2.75) is 0 Å². The first-order valence-corrected chi connectivity index (χ1v) is 4.39. The Hall–Kier alpha value is -1.81. The number of aliphatic carboxylic acids is 1. The molecular weight excluding hydrogens is 218 g/mol. The van der Waals surface area contributed by atoms with Gasteiger partial charge >= 0.3 is 5.97 Å². The zero-order valence-corrected chi connectivity index (χ0v) is 8.36. The second kappa shape index (κ2) is 4.61. The van der Waals surface area contributed by atoms with Crippen LogP contribution in [-0.2, 0) is 4.79 Å². The summed E-state index contributed by atoms with van der Waals surface area (Å²) >= 11 is 5.67. The molecule has 1 aromatic carbocycles. The summed E-state index contributed by atoms with van der Waals surface area (Å²) in [6.07, 6.45) is 0.855. The highest BCUT2D eigenvalue weighted by atomic mass is 35.5. The maximum atomic E-state index is 11.4. The van der Waals surface area contributed by atoms with Gasteiger partial charge in [-0.3, -0.25) is 4.79 Å². The van der Waals surface area contributed by atoms with Crippen LogP contribution in [0.1, 0.15) is 10.4 Å². The van der Waals surface area contributed by atoms with Crippen molar-refractivity contribution in [1.29, 1.82) is 0 Å². The van der Waals surface area contributed by atoms with Gasteiger partial charge in [0, 0.05) is 16.7 Å². The minimum Gasteiger partial charge on any atom is -0.477 e. The summed E-state index contributed by atoms with van der Waals surface area (Å²) in [7, 11) is 0. The third-order valence-electron chi connectivity index (χ3n) is 1.64. The van der Waals surface area contributed by atoms with E-state index in [0.29, 0.717) is 10.6 Å². The zero-order chi connectivity index (χ0) is 11.4. The molecule has 1 aromatic rings. The lowest BCUT2D eigenvalue weighted by molar-refractivity contribution is -0.132. The highest BCUT2D eigenvalue weighted by Crippen LogP contribution is 2.11. The number of benzene rings is 1. The molecule has 0 atom stereocenters. The van der Waals surface area contributed by atoms with Crippen LogP contribution < -0.4 is 5.73 Å².